The van der Waals surface area contributed by atoms with Crippen LogP contribution in [-0.4, -0.2) is 39.8 Å². The Morgan fingerprint density at radius 2 is 2.11 bits per heavy atom. The molecule has 0 aromatic carbocycles. The molecule has 1 heterocycles. The molecule has 6 nitrogen and oxygen atoms in total. The number of aliphatic carboxylic acids is 1. The van der Waals surface area contributed by atoms with Gasteiger partial charge in [-0.15, -0.1) is 0 Å². The summed E-state index contributed by atoms with van der Waals surface area (Å²) in [7, 11) is 0. The molecule has 1 saturated heterocycles. The summed E-state index contributed by atoms with van der Waals surface area (Å²) in [6.45, 7) is 5.46. The van der Waals surface area contributed by atoms with E-state index in [1.807, 2.05) is 6.07 Å². The normalized spacial score (nSPS) is 23.6. The van der Waals surface area contributed by atoms with Crippen molar-refractivity contribution in [2.45, 2.75) is 51.2 Å². The zero-order valence-electron chi connectivity index (χ0n) is 10.9. The Morgan fingerprint density at radius 1 is 1.50 bits per heavy atom. The SMILES string of the molecule is CC(C)(C)OC(=O)N1CCC[C@]1(CC#N)C(=O)O. The van der Waals surface area contributed by atoms with Gasteiger partial charge >= 0.3 is 12.1 Å². The topological polar surface area (TPSA) is 90.6 Å². The first-order valence-corrected chi connectivity index (χ1v) is 5.84. The highest BCUT2D eigenvalue weighted by atomic mass is 16.6. The van der Waals surface area contributed by atoms with Gasteiger partial charge in [-0.1, -0.05) is 0 Å². The minimum absolute atomic E-state index is 0.221. The second kappa shape index (κ2) is 4.84. The molecular weight excluding hydrogens is 236 g/mol. The van der Waals surface area contributed by atoms with Crippen LogP contribution < -0.4 is 0 Å². The summed E-state index contributed by atoms with van der Waals surface area (Å²) in [6, 6.07) is 1.85. The van der Waals surface area contributed by atoms with Crippen molar-refractivity contribution in [3.8, 4) is 6.07 Å². The van der Waals surface area contributed by atoms with E-state index >= 15 is 0 Å². The standard InChI is InChI=1S/C12H18N2O4/c1-11(2,3)18-10(17)14-8-4-5-12(14,6-7-13)9(15)16/h4-6,8H2,1-3H3,(H,15,16)/t12-/m0/s1. The molecule has 0 aromatic heterocycles. The van der Waals surface area contributed by atoms with Crippen molar-refractivity contribution in [3.05, 3.63) is 0 Å². The van der Waals surface area contributed by atoms with Gasteiger partial charge in [0.05, 0.1) is 12.5 Å². The van der Waals surface area contributed by atoms with Crippen LogP contribution in [0.5, 0.6) is 0 Å². The molecule has 1 N–H and O–H groups in total. The zero-order chi connectivity index (χ0) is 14.0. The fourth-order valence-corrected chi connectivity index (χ4v) is 2.07. The number of carboxylic acids is 1. The van der Waals surface area contributed by atoms with E-state index in [0.29, 0.717) is 13.0 Å². The van der Waals surface area contributed by atoms with Gasteiger partial charge in [-0.05, 0) is 33.6 Å². The minimum atomic E-state index is -1.43. The Bertz CT molecular complexity index is 394. The van der Waals surface area contributed by atoms with E-state index in [-0.39, 0.29) is 12.8 Å². The molecule has 1 aliphatic heterocycles. The summed E-state index contributed by atoms with van der Waals surface area (Å²) < 4.78 is 5.19. The Kier molecular flexibility index (Phi) is 3.85. The minimum Gasteiger partial charge on any atom is -0.479 e. The van der Waals surface area contributed by atoms with Crippen LogP contribution in [0.1, 0.15) is 40.0 Å². The second-order valence-electron chi connectivity index (χ2n) is 5.41. The number of amides is 1. The van der Waals surface area contributed by atoms with Gasteiger partial charge in [0, 0.05) is 6.54 Å². The van der Waals surface area contributed by atoms with Crippen molar-refractivity contribution in [1.29, 1.82) is 5.26 Å². The van der Waals surface area contributed by atoms with Gasteiger partial charge in [0.25, 0.3) is 0 Å². The first-order chi connectivity index (χ1) is 8.23. The Hall–Kier alpha value is -1.77. The summed E-state index contributed by atoms with van der Waals surface area (Å²) in [6.07, 6.45) is -0.0399. The largest absolute Gasteiger partial charge is 0.479 e. The van der Waals surface area contributed by atoms with Crippen molar-refractivity contribution in [2.24, 2.45) is 0 Å². The number of ether oxygens (including phenoxy) is 1. The molecule has 18 heavy (non-hydrogen) atoms. The first-order valence-electron chi connectivity index (χ1n) is 5.84. The Morgan fingerprint density at radius 3 is 2.56 bits per heavy atom. The zero-order valence-corrected chi connectivity index (χ0v) is 10.9. The molecule has 1 amide bonds. The molecule has 1 atom stereocenters. The van der Waals surface area contributed by atoms with Gasteiger partial charge in [0.1, 0.15) is 5.60 Å². The number of nitrogens with zero attached hydrogens (tertiary/aromatic N) is 2. The van der Waals surface area contributed by atoms with Crippen LogP contribution in [-0.2, 0) is 9.53 Å². The third-order valence-corrected chi connectivity index (χ3v) is 2.87. The predicted octanol–water partition coefficient (Wildman–Crippen LogP) is 1.75. The van der Waals surface area contributed by atoms with Crippen molar-refractivity contribution >= 4 is 12.1 Å². The highest BCUT2D eigenvalue weighted by molar-refractivity contribution is 5.85. The molecule has 0 spiro atoms. The molecule has 0 bridgehead atoms. The monoisotopic (exact) mass is 254 g/mol. The molecule has 0 unspecified atom stereocenters. The lowest BCUT2D eigenvalue weighted by atomic mass is 9.93. The van der Waals surface area contributed by atoms with E-state index < -0.39 is 23.2 Å². The Labute approximate surface area is 106 Å². The van der Waals surface area contributed by atoms with Crippen LogP contribution >= 0.6 is 0 Å². The smallest absolute Gasteiger partial charge is 0.411 e. The summed E-state index contributed by atoms with van der Waals surface area (Å²) in [5.74, 6) is -1.15. The van der Waals surface area contributed by atoms with Gasteiger partial charge in [0.15, 0.2) is 5.54 Å². The number of carbonyl (C=O) groups excluding carboxylic acids is 1. The molecule has 1 aliphatic rings. The molecule has 0 radical (unpaired) electrons. The quantitative estimate of drug-likeness (QED) is 0.810. The number of carbonyl (C=O) groups is 2. The average molecular weight is 254 g/mol. The third kappa shape index (κ3) is 2.73. The molecule has 1 fully saturated rings. The number of hydrogen-bond acceptors (Lipinski definition) is 4. The van der Waals surface area contributed by atoms with Gasteiger partial charge in [-0.3, -0.25) is 4.90 Å². The maximum Gasteiger partial charge on any atom is 0.411 e. The van der Waals surface area contributed by atoms with E-state index in [4.69, 9.17) is 10.00 Å². The lowest BCUT2D eigenvalue weighted by Gasteiger charge is -2.34. The van der Waals surface area contributed by atoms with Crippen LogP contribution in [0.15, 0.2) is 0 Å². The number of likely N-dealkylation sites (tertiary alicyclic amines) is 1. The van der Waals surface area contributed by atoms with Crippen LogP contribution in [0, 0.1) is 11.3 Å². The lowest BCUT2D eigenvalue weighted by Crippen LogP contribution is -2.54. The molecule has 0 aliphatic carbocycles. The summed E-state index contributed by atoms with van der Waals surface area (Å²) >= 11 is 0. The van der Waals surface area contributed by atoms with Gasteiger partial charge < -0.3 is 9.84 Å². The summed E-state index contributed by atoms with van der Waals surface area (Å²) in [4.78, 5) is 24.6. The van der Waals surface area contributed by atoms with Crippen molar-refractivity contribution < 1.29 is 19.4 Å². The predicted molar refractivity (Wildman–Crippen MR) is 62.8 cm³/mol. The number of rotatable bonds is 2. The van der Waals surface area contributed by atoms with Gasteiger partial charge in [0.2, 0.25) is 0 Å². The van der Waals surface area contributed by atoms with E-state index in [1.165, 1.54) is 4.90 Å². The lowest BCUT2D eigenvalue weighted by molar-refractivity contribution is -0.149. The van der Waals surface area contributed by atoms with Gasteiger partial charge in [-0.25, -0.2) is 9.59 Å². The molecular formula is C12H18N2O4. The number of nitriles is 1. The summed E-state index contributed by atoms with van der Waals surface area (Å²) in [5.41, 5.74) is -2.12. The van der Waals surface area contributed by atoms with Crippen LogP contribution in [0.2, 0.25) is 0 Å². The van der Waals surface area contributed by atoms with Crippen molar-refractivity contribution in [1.82, 2.24) is 4.90 Å². The molecule has 1 rings (SSSR count). The summed E-state index contributed by atoms with van der Waals surface area (Å²) in [5, 5.41) is 18.1. The highest BCUT2D eigenvalue weighted by Gasteiger charge is 2.51. The van der Waals surface area contributed by atoms with Gasteiger partial charge in [-0.2, -0.15) is 5.26 Å². The van der Waals surface area contributed by atoms with Crippen molar-refractivity contribution in [3.63, 3.8) is 0 Å². The Balaban J connectivity index is 2.96. The first kappa shape index (κ1) is 14.3. The molecule has 0 aromatic rings. The highest BCUT2D eigenvalue weighted by Crippen LogP contribution is 2.34. The van der Waals surface area contributed by atoms with Crippen LogP contribution in [0.25, 0.3) is 0 Å². The molecule has 6 heteroatoms. The average Bonchev–Trinajstić information content (AvgIpc) is 2.60. The molecule has 0 saturated carbocycles. The van der Waals surface area contributed by atoms with Crippen LogP contribution in [0.4, 0.5) is 4.79 Å². The number of hydrogen-bond donors (Lipinski definition) is 1. The van der Waals surface area contributed by atoms with Crippen molar-refractivity contribution in [2.75, 3.05) is 6.54 Å². The fourth-order valence-electron chi connectivity index (χ4n) is 2.07. The maximum atomic E-state index is 12.0. The third-order valence-electron chi connectivity index (χ3n) is 2.87. The van der Waals surface area contributed by atoms with E-state index in [2.05, 4.69) is 0 Å². The van der Waals surface area contributed by atoms with Crippen LogP contribution in [0.3, 0.4) is 0 Å². The van der Waals surface area contributed by atoms with E-state index in [0.717, 1.165) is 0 Å². The maximum absolute atomic E-state index is 12.0. The van der Waals surface area contributed by atoms with E-state index in [1.54, 1.807) is 20.8 Å². The molecule has 100 valence electrons. The second-order valence-corrected chi connectivity index (χ2v) is 5.41. The van der Waals surface area contributed by atoms with E-state index in [9.17, 15) is 14.7 Å². The number of carboxylic acid groups (broad SMARTS) is 1. The fraction of sp³-hybridized carbons (Fsp3) is 0.750.